The minimum atomic E-state index is -4.94. The van der Waals surface area contributed by atoms with Gasteiger partial charge in [0.1, 0.15) is 0 Å². The van der Waals surface area contributed by atoms with Crippen molar-refractivity contribution in [2.24, 2.45) is 0 Å². The highest BCUT2D eigenvalue weighted by molar-refractivity contribution is 7.86. The summed E-state index contributed by atoms with van der Waals surface area (Å²) in [5.74, 6) is -1.18. The molecule has 0 aromatic heterocycles. The number of aryl methyl sites for hydroxylation is 1. The van der Waals surface area contributed by atoms with E-state index in [4.69, 9.17) is 0 Å². The van der Waals surface area contributed by atoms with Crippen LogP contribution in [0.25, 0.3) is 0 Å². The van der Waals surface area contributed by atoms with E-state index in [2.05, 4.69) is 4.18 Å². The fourth-order valence-electron chi connectivity index (χ4n) is 3.06. The van der Waals surface area contributed by atoms with Gasteiger partial charge >= 0.3 is 6.18 Å². The number of rotatable bonds is 7. The second-order valence-electron chi connectivity index (χ2n) is 6.84. The quantitative estimate of drug-likeness (QED) is 0.483. The Bertz CT molecular complexity index is 1030. The molecule has 1 heterocycles. The molecule has 1 atom stereocenters. The Morgan fingerprint density at radius 3 is 2.00 bits per heavy atom. The molecule has 0 N–H and O–H groups in total. The Balaban J connectivity index is 1.67. The Hall–Kier alpha value is -2.72. The standard InChI is InChI=1S/C20H18F3NO5S/c1-13-8-10-14(11-9-13)30(27,28)29-17(20(21,22)23)7-4-12-24-18(25)15-5-2-3-6-16(15)19(24)26/h2-3,5-6,8-11,17H,4,7,12H2,1H3. The van der Waals surface area contributed by atoms with Crippen LogP contribution in [-0.4, -0.2) is 44.0 Å². The maximum atomic E-state index is 13.4. The van der Waals surface area contributed by atoms with Crippen LogP contribution in [0.4, 0.5) is 13.2 Å². The van der Waals surface area contributed by atoms with E-state index in [0.717, 1.165) is 22.6 Å². The molecule has 160 valence electrons. The molecule has 0 aliphatic carbocycles. The van der Waals surface area contributed by atoms with E-state index in [0.29, 0.717) is 0 Å². The van der Waals surface area contributed by atoms with Crippen molar-refractivity contribution in [1.29, 1.82) is 0 Å². The zero-order chi connectivity index (χ0) is 22.1. The van der Waals surface area contributed by atoms with Gasteiger partial charge in [0.25, 0.3) is 21.9 Å². The van der Waals surface area contributed by atoms with Crippen LogP contribution in [0.3, 0.4) is 0 Å². The number of fused-ring (bicyclic) bond motifs is 1. The van der Waals surface area contributed by atoms with E-state index in [-0.39, 0.29) is 29.0 Å². The Morgan fingerprint density at radius 2 is 1.50 bits per heavy atom. The van der Waals surface area contributed by atoms with Gasteiger partial charge in [0.2, 0.25) is 0 Å². The summed E-state index contributed by atoms with van der Waals surface area (Å²) in [4.78, 5) is 25.0. The first-order valence-electron chi connectivity index (χ1n) is 9.02. The minimum Gasteiger partial charge on any atom is -0.274 e. The Labute approximate surface area is 171 Å². The first-order chi connectivity index (χ1) is 14.0. The first kappa shape index (κ1) is 22.0. The molecule has 1 aliphatic heterocycles. The molecule has 1 aliphatic rings. The Kier molecular flexibility index (Phi) is 6.00. The van der Waals surface area contributed by atoms with Crippen LogP contribution in [0, 0.1) is 6.92 Å². The number of hydrogen-bond acceptors (Lipinski definition) is 5. The third-order valence-corrected chi connectivity index (χ3v) is 5.98. The maximum absolute atomic E-state index is 13.4. The van der Waals surface area contributed by atoms with Crippen LogP contribution in [0.5, 0.6) is 0 Å². The summed E-state index contributed by atoms with van der Waals surface area (Å²) >= 11 is 0. The lowest BCUT2D eigenvalue weighted by Gasteiger charge is -2.21. The first-order valence-corrected chi connectivity index (χ1v) is 10.4. The predicted molar refractivity (Wildman–Crippen MR) is 100 cm³/mol. The number of nitrogens with zero attached hydrogens (tertiary/aromatic N) is 1. The van der Waals surface area contributed by atoms with Gasteiger partial charge in [0, 0.05) is 6.54 Å². The molecule has 0 fully saturated rings. The number of amides is 2. The average molecular weight is 441 g/mol. The second kappa shape index (κ2) is 8.19. The largest absolute Gasteiger partial charge is 0.416 e. The molecule has 2 amide bonds. The molecule has 0 spiro atoms. The van der Waals surface area contributed by atoms with Crippen molar-refractivity contribution >= 4 is 21.9 Å². The summed E-state index contributed by atoms with van der Waals surface area (Å²) in [6, 6.07) is 11.3. The van der Waals surface area contributed by atoms with Gasteiger partial charge in [-0.3, -0.25) is 18.7 Å². The van der Waals surface area contributed by atoms with E-state index in [1.54, 1.807) is 19.1 Å². The number of carbonyl (C=O) groups excluding carboxylic acids is 2. The van der Waals surface area contributed by atoms with E-state index >= 15 is 0 Å². The summed E-state index contributed by atoms with van der Waals surface area (Å²) in [5, 5.41) is 0. The SMILES string of the molecule is Cc1ccc(S(=O)(=O)OC(CCCN2C(=O)c3ccccc3C2=O)C(F)(F)F)cc1. The van der Waals surface area contributed by atoms with Crippen LogP contribution in [-0.2, 0) is 14.3 Å². The smallest absolute Gasteiger partial charge is 0.274 e. The fraction of sp³-hybridized carbons (Fsp3) is 0.300. The second-order valence-corrected chi connectivity index (χ2v) is 8.42. The number of halogens is 3. The molecule has 2 aromatic carbocycles. The summed E-state index contributed by atoms with van der Waals surface area (Å²) in [6.07, 6.45) is -8.56. The summed E-state index contributed by atoms with van der Waals surface area (Å²) in [6.45, 7) is 1.42. The molecule has 3 rings (SSSR count). The molecule has 0 bridgehead atoms. The number of hydrogen-bond donors (Lipinski definition) is 0. The third-order valence-electron chi connectivity index (χ3n) is 4.64. The van der Waals surface area contributed by atoms with Crippen LogP contribution >= 0.6 is 0 Å². The van der Waals surface area contributed by atoms with Crippen molar-refractivity contribution in [1.82, 2.24) is 4.90 Å². The number of benzene rings is 2. The zero-order valence-electron chi connectivity index (χ0n) is 15.8. The lowest BCUT2D eigenvalue weighted by Crippen LogP contribution is -2.36. The molecular formula is C20H18F3NO5S. The minimum absolute atomic E-state index is 0.188. The van der Waals surface area contributed by atoms with Gasteiger partial charge < -0.3 is 0 Å². The van der Waals surface area contributed by atoms with Crippen LogP contribution in [0.15, 0.2) is 53.4 Å². The highest BCUT2D eigenvalue weighted by Crippen LogP contribution is 2.30. The average Bonchev–Trinajstić information content (AvgIpc) is 2.92. The monoisotopic (exact) mass is 441 g/mol. The highest BCUT2D eigenvalue weighted by atomic mass is 32.2. The van der Waals surface area contributed by atoms with Crippen LogP contribution in [0.1, 0.15) is 39.1 Å². The summed E-state index contributed by atoms with van der Waals surface area (Å²) in [5.41, 5.74) is 1.11. The van der Waals surface area contributed by atoms with Gasteiger partial charge in [0.05, 0.1) is 16.0 Å². The Morgan fingerprint density at radius 1 is 0.967 bits per heavy atom. The third kappa shape index (κ3) is 4.54. The van der Waals surface area contributed by atoms with Crippen molar-refractivity contribution in [3.63, 3.8) is 0 Å². The van der Waals surface area contributed by atoms with E-state index < -0.39 is 40.6 Å². The molecule has 30 heavy (non-hydrogen) atoms. The zero-order valence-corrected chi connectivity index (χ0v) is 16.7. The molecule has 10 heteroatoms. The van der Waals surface area contributed by atoms with Gasteiger partial charge in [-0.15, -0.1) is 0 Å². The van der Waals surface area contributed by atoms with Gasteiger partial charge in [-0.05, 0) is 44.0 Å². The van der Waals surface area contributed by atoms with Gasteiger partial charge in [-0.2, -0.15) is 21.6 Å². The number of carbonyl (C=O) groups is 2. The van der Waals surface area contributed by atoms with Crippen molar-refractivity contribution in [3.8, 4) is 0 Å². The van der Waals surface area contributed by atoms with Gasteiger partial charge in [-0.25, -0.2) is 0 Å². The van der Waals surface area contributed by atoms with Crippen molar-refractivity contribution in [2.75, 3.05) is 6.54 Å². The van der Waals surface area contributed by atoms with Crippen LogP contribution < -0.4 is 0 Å². The topological polar surface area (TPSA) is 80.8 Å². The number of imide groups is 1. The maximum Gasteiger partial charge on any atom is 0.416 e. The fourth-order valence-corrected chi connectivity index (χ4v) is 4.15. The summed E-state index contributed by atoms with van der Waals surface area (Å²) in [7, 11) is -4.64. The predicted octanol–water partition coefficient (Wildman–Crippen LogP) is 3.71. The van der Waals surface area contributed by atoms with E-state index in [1.807, 2.05) is 0 Å². The van der Waals surface area contributed by atoms with Crippen molar-refractivity contribution in [3.05, 3.63) is 65.2 Å². The molecule has 6 nitrogen and oxygen atoms in total. The van der Waals surface area contributed by atoms with E-state index in [1.165, 1.54) is 24.3 Å². The highest BCUT2D eigenvalue weighted by Gasteiger charge is 2.44. The lowest BCUT2D eigenvalue weighted by atomic mass is 10.1. The van der Waals surface area contributed by atoms with Crippen molar-refractivity contribution in [2.45, 2.75) is 36.9 Å². The molecule has 0 radical (unpaired) electrons. The molecule has 0 saturated heterocycles. The molecular weight excluding hydrogens is 423 g/mol. The van der Waals surface area contributed by atoms with Crippen molar-refractivity contribution < 1.29 is 35.4 Å². The molecule has 0 saturated carbocycles. The lowest BCUT2D eigenvalue weighted by molar-refractivity contribution is -0.195. The van der Waals surface area contributed by atoms with Crippen LogP contribution in [0.2, 0.25) is 0 Å². The van der Waals surface area contributed by atoms with E-state index in [9.17, 15) is 31.2 Å². The molecule has 2 aromatic rings. The number of alkyl halides is 3. The normalized spacial score (nSPS) is 15.4. The van der Waals surface area contributed by atoms with Gasteiger partial charge in [0.15, 0.2) is 6.10 Å². The molecule has 1 unspecified atom stereocenters. The summed E-state index contributed by atoms with van der Waals surface area (Å²) < 4.78 is 69.0. The van der Waals surface area contributed by atoms with Gasteiger partial charge in [-0.1, -0.05) is 29.8 Å².